The molecule has 0 aliphatic heterocycles. The Bertz CT molecular complexity index is 430. The molecule has 0 spiro atoms. The van der Waals surface area contributed by atoms with Crippen molar-refractivity contribution in [3.8, 4) is 12.3 Å². The number of carbonyl (C=O) groups excluding carboxylic acids is 1. The Hall–Kier alpha value is -2.42. The van der Waals surface area contributed by atoms with Crippen LogP contribution < -0.4 is 10.6 Å². The maximum absolute atomic E-state index is 11.0. The average Bonchev–Trinajstić information content (AvgIpc) is 2.72. The molecule has 6 heteroatoms. The predicted octanol–water partition coefficient (Wildman–Crippen LogP) is 0.410. The van der Waals surface area contributed by atoms with Crippen LogP contribution in [-0.2, 0) is 6.54 Å². The number of aromatic carboxylic acids is 1. The summed E-state index contributed by atoms with van der Waals surface area (Å²) < 4.78 is 4.92. The molecule has 16 heavy (non-hydrogen) atoms. The van der Waals surface area contributed by atoms with Crippen molar-refractivity contribution in [2.45, 2.75) is 6.54 Å². The van der Waals surface area contributed by atoms with E-state index in [0.717, 1.165) is 0 Å². The Kier molecular flexibility index (Phi) is 3.98. The van der Waals surface area contributed by atoms with Gasteiger partial charge in [0.2, 0.25) is 5.76 Å². The third-order valence-electron chi connectivity index (χ3n) is 1.65. The Balaban J connectivity index is 2.40. The van der Waals surface area contributed by atoms with Crippen LogP contribution >= 0.6 is 0 Å². The zero-order valence-electron chi connectivity index (χ0n) is 8.32. The normalized spacial score (nSPS) is 9.19. The summed E-state index contributed by atoms with van der Waals surface area (Å²) in [7, 11) is 0. The van der Waals surface area contributed by atoms with Crippen molar-refractivity contribution < 1.29 is 19.1 Å². The van der Waals surface area contributed by atoms with Gasteiger partial charge in [-0.05, 0) is 12.1 Å². The van der Waals surface area contributed by atoms with Gasteiger partial charge >= 0.3 is 12.0 Å². The highest BCUT2D eigenvalue weighted by Crippen LogP contribution is 2.06. The number of hydrogen-bond acceptors (Lipinski definition) is 3. The lowest BCUT2D eigenvalue weighted by molar-refractivity contribution is 0.0660. The second-order valence-electron chi connectivity index (χ2n) is 2.81. The smallest absolute Gasteiger partial charge is 0.371 e. The van der Waals surface area contributed by atoms with Crippen molar-refractivity contribution in [3.05, 3.63) is 23.7 Å². The van der Waals surface area contributed by atoms with Gasteiger partial charge in [-0.2, -0.15) is 0 Å². The topological polar surface area (TPSA) is 91.6 Å². The Labute approximate surface area is 91.6 Å². The second kappa shape index (κ2) is 5.46. The van der Waals surface area contributed by atoms with E-state index in [2.05, 4.69) is 16.6 Å². The third kappa shape index (κ3) is 3.38. The highest BCUT2D eigenvalue weighted by atomic mass is 16.4. The summed E-state index contributed by atoms with van der Waals surface area (Å²) in [6.45, 7) is 0.230. The standard InChI is InChI=1S/C10H10N2O4/c1-2-5-11-10(15)12-6-7-3-4-8(16-7)9(13)14/h1,3-4H,5-6H2,(H,13,14)(H2,11,12,15). The fraction of sp³-hybridized carbons (Fsp3) is 0.200. The van der Waals surface area contributed by atoms with E-state index in [9.17, 15) is 9.59 Å². The summed E-state index contributed by atoms with van der Waals surface area (Å²) >= 11 is 0. The highest BCUT2D eigenvalue weighted by molar-refractivity contribution is 5.84. The molecular formula is C10H10N2O4. The van der Waals surface area contributed by atoms with Gasteiger partial charge in [0.25, 0.3) is 0 Å². The number of urea groups is 1. The van der Waals surface area contributed by atoms with E-state index in [-0.39, 0.29) is 18.8 Å². The van der Waals surface area contributed by atoms with Crippen molar-refractivity contribution in [2.75, 3.05) is 6.54 Å². The van der Waals surface area contributed by atoms with Crippen molar-refractivity contribution in [3.63, 3.8) is 0 Å². The summed E-state index contributed by atoms with van der Waals surface area (Å²) in [6.07, 6.45) is 4.94. The Morgan fingerprint density at radius 3 is 2.75 bits per heavy atom. The molecule has 0 aliphatic carbocycles. The number of amides is 2. The molecule has 0 atom stereocenters. The van der Waals surface area contributed by atoms with Crippen LogP contribution in [0.5, 0.6) is 0 Å². The molecule has 6 nitrogen and oxygen atoms in total. The summed E-state index contributed by atoms with van der Waals surface area (Å²) in [6, 6.07) is 2.36. The van der Waals surface area contributed by atoms with Gasteiger partial charge in [-0.1, -0.05) is 5.92 Å². The first-order valence-corrected chi connectivity index (χ1v) is 4.40. The van der Waals surface area contributed by atoms with E-state index in [0.29, 0.717) is 5.76 Å². The number of carboxylic acid groups (broad SMARTS) is 1. The molecule has 1 aromatic rings. The van der Waals surface area contributed by atoms with Crippen molar-refractivity contribution in [1.29, 1.82) is 0 Å². The Morgan fingerprint density at radius 2 is 2.19 bits per heavy atom. The van der Waals surface area contributed by atoms with Crippen LogP contribution in [0.3, 0.4) is 0 Å². The average molecular weight is 222 g/mol. The lowest BCUT2D eigenvalue weighted by Crippen LogP contribution is -2.35. The molecule has 1 rings (SSSR count). The van der Waals surface area contributed by atoms with Crippen LogP contribution in [0.1, 0.15) is 16.3 Å². The van der Waals surface area contributed by atoms with Crippen LogP contribution in [0.25, 0.3) is 0 Å². The first-order chi connectivity index (χ1) is 7.63. The van der Waals surface area contributed by atoms with Crippen molar-refractivity contribution >= 4 is 12.0 Å². The van der Waals surface area contributed by atoms with Gasteiger partial charge in [-0.3, -0.25) is 0 Å². The molecule has 0 fully saturated rings. The fourth-order valence-electron chi connectivity index (χ4n) is 0.949. The minimum absolute atomic E-state index is 0.101. The summed E-state index contributed by atoms with van der Waals surface area (Å²) in [5.41, 5.74) is 0. The van der Waals surface area contributed by atoms with Gasteiger partial charge in [-0.15, -0.1) is 6.42 Å². The Morgan fingerprint density at radius 1 is 1.44 bits per heavy atom. The van der Waals surface area contributed by atoms with Gasteiger partial charge in [-0.25, -0.2) is 9.59 Å². The van der Waals surface area contributed by atoms with E-state index in [4.69, 9.17) is 15.9 Å². The zero-order valence-corrected chi connectivity index (χ0v) is 8.32. The highest BCUT2D eigenvalue weighted by Gasteiger charge is 2.09. The molecule has 0 saturated carbocycles. The number of furan rings is 1. The summed E-state index contributed by atoms with van der Waals surface area (Å²) in [5, 5.41) is 13.4. The molecule has 1 heterocycles. The fourth-order valence-corrected chi connectivity index (χ4v) is 0.949. The second-order valence-corrected chi connectivity index (χ2v) is 2.81. The number of hydrogen-bond donors (Lipinski definition) is 3. The van der Waals surface area contributed by atoms with E-state index in [1.54, 1.807) is 0 Å². The van der Waals surface area contributed by atoms with Gasteiger partial charge in [0.05, 0.1) is 13.1 Å². The first kappa shape index (κ1) is 11.7. The molecule has 84 valence electrons. The molecule has 1 aromatic heterocycles. The zero-order chi connectivity index (χ0) is 12.0. The number of carboxylic acids is 1. The molecule has 0 aliphatic rings. The quantitative estimate of drug-likeness (QED) is 0.643. The summed E-state index contributed by atoms with van der Waals surface area (Å²) in [4.78, 5) is 21.5. The van der Waals surface area contributed by atoms with Crippen LogP contribution in [0, 0.1) is 12.3 Å². The third-order valence-corrected chi connectivity index (χ3v) is 1.65. The number of terminal acetylenes is 1. The first-order valence-electron chi connectivity index (χ1n) is 4.40. The molecular weight excluding hydrogens is 212 g/mol. The molecule has 0 unspecified atom stereocenters. The number of rotatable bonds is 4. The minimum Gasteiger partial charge on any atom is -0.475 e. The maximum atomic E-state index is 11.0. The van der Waals surface area contributed by atoms with E-state index < -0.39 is 12.0 Å². The molecule has 0 saturated heterocycles. The van der Waals surface area contributed by atoms with Gasteiger partial charge < -0.3 is 20.2 Å². The SMILES string of the molecule is C#CCNC(=O)NCc1ccc(C(=O)O)o1. The number of nitrogens with one attached hydrogen (secondary N) is 2. The van der Waals surface area contributed by atoms with Gasteiger partial charge in [0.1, 0.15) is 5.76 Å². The number of carbonyl (C=O) groups is 2. The monoisotopic (exact) mass is 222 g/mol. The van der Waals surface area contributed by atoms with Gasteiger partial charge in [0.15, 0.2) is 0 Å². The van der Waals surface area contributed by atoms with Crippen molar-refractivity contribution in [2.24, 2.45) is 0 Å². The lowest BCUT2D eigenvalue weighted by atomic mass is 10.4. The largest absolute Gasteiger partial charge is 0.475 e. The molecule has 2 amide bonds. The van der Waals surface area contributed by atoms with Crippen LogP contribution in [-0.4, -0.2) is 23.7 Å². The van der Waals surface area contributed by atoms with Crippen LogP contribution in [0.2, 0.25) is 0 Å². The van der Waals surface area contributed by atoms with E-state index in [1.807, 2.05) is 0 Å². The minimum atomic E-state index is -1.15. The van der Waals surface area contributed by atoms with Crippen LogP contribution in [0.15, 0.2) is 16.5 Å². The lowest BCUT2D eigenvalue weighted by Gasteiger charge is -2.02. The van der Waals surface area contributed by atoms with E-state index >= 15 is 0 Å². The maximum Gasteiger partial charge on any atom is 0.371 e. The predicted molar refractivity (Wildman–Crippen MR) is 54.7 cm³/mol. The van der Waals surface area contributed by atoms with Crippen LogP contribution in [0.4, 0.5) is 4.79 Å². The molecule has 0 aromatic carbocycles. The molecule has 0 bridgehead atoms. The molecule has 0 radical (unpaired) electrons. The van der Waals surface area contributed by atoms with Gasteiger partial charge in [0, 0.05) is 0 Å². The summed E-state index contributed by atoms with van der Waals surface area (Å²) in [5.74, 6) is 1.28. The van der Waals surface area contributed by atoms with Crippen molar-refractivity contribution in [1.82, 2.24) is 10.6 Å². The van der Waals surface area contributed by atoms with E-state index in [1.165, 1.54) is 12.1 Å². The molecule has 3 N–H and O–H groups in total.